The Kier molecular flexibility index (Phi) is 5.00. The first-order valence-corrected chi connectivity index (χ1v) is 6.60. The van der Waals surface area contributed by atoms with Crippen molar-refractivity contribution in [3.05, 3.63) is 58.6 Å². The third-order valence-corrected chi connectivity index (χ3v) is 3.25. The lowest BCUT2D eigenvalue weighted by Gasteiger charge is -2.16. The van der Waals surface area contributed by atoms with E-state index < -0.39 is 29.6 Å². The minimum atomic E-state index is -4.67. The predicted octanol–water partition coefficient (Wildman–Crippen LogP) is 2.62. The summed E-state index contributed by atoms with van der Waals surface area (Å²) in [5, 5.41) is 17.9. The first kappa shape index (κ1) is 16.7. The molecule has 0 aromatic heterocycles. The maximum Gasteiger partial charge on any atom is 0.490 e. The fourth-order valence-electron chi connectivity index (χ4n) is 1.84. The van der Waals surface area contributed by atoms with E-state index in [2.05, 4.69) is 0 Å². The van der Waals surface area contributed by atoms with Crippen LogP contribution in [0.1, 0.15) is 11.1 Å². The van der Waals surface area contributed by atoms with Crippen molar-refractivity contribution in [1.82, 2.24) is 0 Å². The number of benzene rings is 2. The molecule has 116 valence electrons. The molecule has 0 aliphatic rings. The highest BCUT2D eigenvalue weighted by molar-refractivity contribution is 6.62. The van der Waals surface area contributed by atoms with Crippen LogP contribution in [0.25, 0.3) is 0 Å². The molecule has 0 aliphatic carbocycles. The monoisotopic (exact) mass is 330 g/mol. The van der Waals surface area contributed by atoms with Crippen LogP contribution >= 0.6 is 11.6 Å². The average molecular weight is 330 g/mol. The summed E-state index contributed by atoms with van der Waals surface area (Å²) in [7, 11) is -1.99. The summed E-state index contributed by atoms with van der Waals surface area (Å²) in [5.41, 5.74) is -0.646. The summed E-state index contributed by atoms with van der Waals surface area (Å²) in [6.45, 7) is -0.0908. The van der Waals surface area contributed by atoms with Crippen molar-refractivity contribution in [2.24, 2.45) is 0 Å². The van der Waals surface area contributed by atoms with Gasteiger partial charge in [0, 0.05) is 10.5 Å². The van der Waals surface area contributed by atoms with E-state index >= 15 is 0 Å². The Morgan fingerprint density at radius 3 is 2.27 bits per heavy atom. The lowest BCUT2D eigenvalue weighted by Crippen LogP contribution is -2.31. The third-order valence-electron chi connectivity index (χ3n) is 2.92. The van der Waals surface area contributed by atoms with Crippen molar-refractivity contribution in [3.63, 3.8) is 0 Å². The van der Waals surface area contributed by atoms with Gasteiger partial charge in [0.1, 0.15) is 12.4 Å². The summed E-state index contributed by atoms with van der Waals surface area (Å²) in [5.74, 6) is -0.510. The molecule has 0 saturated carbocycles. The van der Waals surface area contributed by atoms with Crippen molar-refractivity contribution in [1.29, 1.82) is 0 Å². The predicted molar refractivity (Wildman–Crippen MR) is 77.1 cm³/mol. The van der Waals surface area contributed by atoms with E-state index in [0.717, 1.165) is 6.07 Å². The second-order valence-electron chi connectivity index (χ2n) is 4.52. The zero-order valence-electron chi connectivity index (χ0n) is 11.1. The van der Waals surface area contributed by atoms with Gasteiger partial charge < -0.3 is 14.8 Å². The number of hydrogen-bond acceptors (Lipinski definition) is 3. The molecule has 2 N–H and O–H groups in total. The molecule has 3 nitrogen and oxygen atoms in total. The van der Waals surface area contributed by atoms with E-state index in [1.807, 2.05) is 0 Å². The highest BCUT2D eigenvalue weighted by Gasteiger charge is 2.36. The van der Waals surface area contributed by atoms with Gasteiger partial charge in [0.15, 0.2) is 0 Å². The Morgan fingerprint density at radius 2 is 1.73 bits per heavy atom. The van der Waals surface area contributed by atoms with Crippen LogP contribution in [0.5, 0.6) is 5.75 Å². The average Bonchev–Trinajstić information content (AvgIpc) is 2.45. The summed E-state index contributed by atoms with van der Waals surface area (Å²) >= 11 is 5.64. The molecule has 0 bridgehead atoms. The first-order valence-electron chi connectivity index (χ1n) is 6.22. The van der Waals surface area contributed by atoms with Gasteiger partial charge in [-0.2, -0.15) is 13.2 Å². The van der Waals surface area contributed by atoms with E-state index in [4.69, 9.17) is 26.4 Å². The van der Waals surface area contributed by atoms with Gasteiger partial charge in [-0.25, -0.2) is 0 Å². The van der Waals surface area contributed by atoms with Gasteiger partial charge in [0.2, 0.25) is 0 Å². The van der Waals surface area contributed by atoms with Crippen molar-refractivity contribution < 1.29 is 28.0 Å². The lowest BCUT2D eigenvalue weighted by molar-refractivity contribution is -0.139. The molecular weight excluding hydrogens is 319 g/mol. The maximum absolute atomic E-state index is 13.0. The Balaban J connectivity index is 2.36. The Bertz CT molecular complexity index is 648. The van der Waals surface area contributed by atoms with Crippen molar-refractivity contribution >= 4 is 24.2 Å². The van der Waals surface area contributed by atoms with Crippen molar-refractivity contribution in [2.75, 3.05) is 0 Å². The molecule has 0 fully saturated rings. The van der Waals surface area contributed by atoms with Crippen LogP contribution < -0.4 is 10.2 Å². The zero-order valence-corrected chi connectivity index (χ0v) is 11.9. The molecule has 22 heavy (non-hydrogen) atoms. The van der Waals surface area contributed by atoms with Gasteiger partial charge in [-0.1, -0.05) is 41.9 Å². The zero-order chi connectivity index (χ0) is 16.3. The molecule has 0 aliphatic heterocycles. The quantitative estimate of drug-likeness (QED) is 0.847. The third kappa shape index (κ3) is 3.94. The molecule has 0 spiro atoms. The topological polar surface area (TPSA) is 49.7 Å². The molecule has 0 saturated heterocycles. The lowest BCUT2D eigenvalue weighted by atomic mass is 9.79. The standard InChI is InChI=1S/C14H11BClF3O3/c16-12-6-10(14(17,18)19)13(7-11(12)15(20)21)22-8-9-4-2-1-3-5-9/h1-7,20-21H,8H2. The van der Waals surface area contributed by atoms with E-state index in [9.17, 15) is 13.2 Å². The number of ether oxygens (including phenoxy) is 1. The van der Waals surface area contributed by atoms with Gasteiger partial charge in [-0.3, -0.25) is 0 Å². The number of halogens is 4. The van der Waals surface area contributed by atoms with E-state index in [1.165, 1.54) is 0 Å². The van der Waals surface area contributed by atoms with Crippen LogP contribution in [0.15, 0.2) is 42.5 Å². The van der Waals surface area contributed by atoms with Crippen LogP contribution in [-0.2, 0) is 12.8 Å². The Morgan fingerprint density at radius 1 is 1.09 bits per heavy atom. The smallest absolute Gasteiger partial charge is 0.488 e. The molecule has 2 rings (SSSR count). The highest BCUT2D eigenvalue weighted by atomic mass is 35.5. The summed E-state index contributed by atoms with van der Waals surface area (Å²) in [6.07, 6.45) is -4.67. The van der Waals surface area contributed by atoms with Crippen LogP contribution in [0.3, 0.4) is 0 Å². The minimum Gasteiger partial charge on any atom is -0.488 e. The van der Waals surface area contributed by atoms with Gasteiger partial charge in [0.05, 0.1) is 5.56 Å². The van der Waals surface area contributed by atoms with Crippen molar-refractivity contribution in [3.8, 4) is 5.75 Å². The molecule has 0 atom stereocenters. The van der Waals surface area contributed by atoms with Gasteiger partial charge >= 0.3 is 13.3 Å². The van der Waals surface area contributed by atoms with E-state index in [1.54, 1.807) is 30.3 Å². The van der Waals surface area contributed by atoms with Gasteiger partial charge in [-0.05, 0) is 17.7 Å². The fourth-order valence-corrected chi connectivity index (χ4v) is 2.10. The Labute approximate surface area is 130 Å². The first-order chi connectivity index (χ1) is 10.3. The van der Waals surface area contributed by atoms with E-state index in [0.29, 0.717) is 11.6 Å². The fraction of sp³-hybridized carbons (Fsp3) is 0.143. The van der Waals surface area contributed by atoms with Crippen LogP contribution in [-0.4, -0.2) is 17.2 Å². The molecule has 0 unspecified atom stereocenters. The minimum absolute atomic E-state index is 0.0908. The molecule has 8 heteroatoms. The van der Waals surface area contributed by atoms with Crippen LogP contribution in [0, 0.1) is 0 Å². The second kappa shape index (κ2) is 6.60. The number of hydrogen-bond donors (Lipinski definition) is 2. The SMILES string of the molecule is OB(O)c1cc(OCc2ccccc2)c(C(F)(F)F)cc1Cl. The molecule has 0 amide bonds. The molecule has 0 radical (unpaired) electrons. The number of alkyl halides is 3. The van der Waals surface area contributed by atoms with Gasteiger partial charge in [-0.15, -0.1) is 0 Å². The Hall–Kier alpha value is -1.70. The van der Waals surface area contributed by atoms with Crippen LogP contribution in [0.2, 0.25) is 5.02 Å². The van der Waals surface area contributed by atoms with E-state index in [-0.39, 0.29) is 12.1 Å². The van der Waals surface area contributed by atoms with Gasteiger partial charge in [0.25, 0.3) is 0 Å². The largest absolute Gasteiger partial charge is 0.490 e. The highest BCUT2D eigenvalue weighted by Crippen LogP contribution is 2.37. The normalized spacial score (nSPS) is 11.4. The molecule has 2 aromatic carbocycles. The summed E-state index contributed by atoms with van der Waals surface area (Å²) in [4.78, 5) is 0. The molecular formula is C14H11BClF3O3. The second-order valence-corrected chi connectivity index (χ2v) is 4.92. The molecule has 0 heterocycles. The maximum atomic E-state index is 13.0. The molecule has 2 aromatic rings. The van der Waals surface area contributed by atoms with Crippen molar-refractivity contribution in [2.45, 2.75) is 12.8 Å². The number of rotatable bonds is 4. The summed E-state index contributed by atoms with van der Waals surface area (Å²) < 4.78 is 44.3. The van der Waals surface area contributed by atoms with Crippen LogP contribution in [0.4, 0.5) is 13.2 Å². The summed E-state index contributed by atoms with van der Waals surface area (Å²) in [6, 6.07) is 10.1.